The maximum Gasteiger partial charge on any atom is 0.166 e. The molecular weight excluding hydrogens is 458 g/mol. The fourth-order valence-electron chi connectivity index (χ4n) is 4.58. The number of hydrogen-bond acceptors (Lipinski definition) is 8. The van der Waals surface area contributed by atoms with Crippen LogP contribution in [-0.4, -0.2) is 101 Å². The number of rotatable bonds is 9. The van der Waals surface area contributed by atoms with Crippen molar-refractivity contribution in [2.75, 3.05) is 85.1 Å². The predicted octanol–water partition coefficient (Wildman–Crippen LogP) is -1.18. The van der Waals surface area contributed by atoms with Crippen molar-refractivity contribution in [3.63, 3.8) is 0 Å². The van der Waals surface area contributed by atoms with Gasteiger partial charge in [-0.05, 0) is 25.1 Å². The zero-order chi connectivity index (χ0) is 25.1. The van der Waals surface area contributed by atoms with E-state index in [1.807, 2.05) is 0 Å². The topological polar surface area (TPSA) is 122 Å². The van der Waals surface area contributed by atoms with Crippen LogP contribution in [0.2, 0.25) is 0 Å². The number of nitrogens with one attached hydrogen (secondary N) is 8. The molecule has 3 heterocycles. The zero-order valence-electron chi connectivity index (χ0n) is 21.7. The molecule has 0 aliphatic carbocycles. The Morgan fingerprint density at radius 3 is 1.63 bits per heavy atom. The molecule has 3 rings (SSSR count). The van der Waals surface area contributed by atoms with Crippen LogP contribution < -0.4 is 48.3 Å². The predicted molar refractivity (Wildman–Crippen MR) is 152 cm³/mol. The molecule has 35 heavy (non-hydrogen) atoms. The largest absolute Gasteiger partial charge is 0.363 e. The molecule has 3 aliphatic rings. The first kappa shape index (κ1) is 30.2. The summed E-state index contributed by atoms with van der Waals surface area (Å²) in [4.78, 5) is 0. The SMILES string of the molecule is C#CCCCCCCCCNC(=S)NC12CNCCNCC(N)(CNCCNC1)CNCCNC2. The molecule has 9 nitrogen and oxygen atoms in total. The molecule has 10 N–H and O–H groups in total. The van der Waals surface area contributed by atoms with Crippen LogP contribution in [0.1, 0.15) is 44.9 Å². The lowest BCUT2D eigenvalue weighted by Crippen LogP contribution is -2.68. The summed E-state index contributed by atoms with van der Waals surface area (Å²) in [7, 11) is 0. The van der Waals surface area contributed by atoms with Gasteiger partial charge in [0.2, 0.25) is 0 Å². The summed E-state index contributed by atoms with van der Waals surface area (Å²) in [6, 6.07) is 0. The summed E-state index contributed by atoms with van der Waals surface area (Å²) in [6.07, 6.45) is 13.5. The smallest absolute Gasteiger partial charge is 0.166 e. The van der Waals surface area contributed by atoms with Gasteiger partial charge in [-0.3, -0.25) is 0 Å². The molecule has 202 valence electrons. The first-order valence-corrected chi connectivity index (χ1v) is 14.0. The third kappa shape index (κ3) is 13.7. The Morgan fingerprint density at radius 1 is 0.714 bits per heavy atom. The number of hydrogen-bond donors (Lipinski definition) is 9. The third-order valence-corrected chi connectivity index (χ3v) is 6.92. The fourth-order valence-corrected chi connectivity index (χ4v) is 4.90. The van der Waals surface area contributed by atoms with E-state index in [9.17, 15) is 0 Å². The van der Waals surface area contributed by atoms with E-state index in [-0.39, 0.29) is 11.1 Å². The molecule has 0 atom stereocenters. The van der Waals surface area contributed by atoms with Gasteiger partial charge in [-0.2, -0.15) is 0 Å². The van der Waals surface area contributed by atoms with Crippen molar-refractivity contribution in [3.05, 3.63) is 0 Å². The Balaban J connectivity index is 1.86. The van der Waals surface area contributed by atoms with Gasteiger partial charge in [0.05, 0.1) is 11.1 Å². The molecule has 3 fully saturated rings. The van der Waals surface area contributed by atoms with E-state index in [0.29, 0.717) is 0 Å². The lowest BCUT2D eigenvalue weighted by atomic mass is 9.98. The van der Waals surface area contributed by atoms with Crippen LogP contribution in [-0.2, 0) is 0 Å². The normalized spacial score (nSPS) is 27.3. The Kier molecular flexibility index (Phi) is 15.7. The van der Waals surface area contributed by atoms with Crippen molar-refractivity contribution in [1.82, 2.24) is 42.5 Å². The van der Waals surface area contributed by atoms with Gasteiger partial charge in [-0.15, -0.1) is 12.3 Å². The highest BCUT2D eigenvalue weighted by Gasteiger charge is 2.31. The molecule has 0 aromatic carbocycles. The molecule has 0 spiro atoms. The molecule has 0 radical (unpaired) electrons. The average molecular weight is 510 g/mol. The van der Waals surface area contributed by atoms with Crippen molar-refractivity contribution in [1.29, 1.82) is 0 Å². The number of nitrogens with two attached hydrogens (primary N) is 1. The van der Waals surface area contributed by atoms with Crippen molar-refractivity contribution < 1.29 is 0 Å². The molecule has 2 bridgehead atoms. The van der Waals surface area contributed by atoms with Gasteiger partial charge < -0.3 is 48.3 Å². The minimum atomic E-state index is -0.306. The number of fused-ring (bicyclic) bond motifs is 15. The van der Waals surface area contributed by atoms with Gasteiger partial charge in [0.25, 0.3) is 0 Å². The Hall–Kier alpha value is -1.03. The highest BCUT2D eigenvalue weighted by molar-refractivity contribution is 7.80. The molecule has 0 amide bonds. The van der Waals surface area contributed by atoms with Crippen LogP contribution in [0.25, 0.3) is 0 Å². The monoisotopic (exact) mass is 509 g/mol. The quantitative estimate of drug-likeness (QED) is 0.107. The summed E-state index contributed by atoms with van der Waals surface area (Å²) in [5.41, 5.74) is 6.15. The summed E-state index contributed by atoms with van der Waals surface area (Å²) in [5, 5.41) is 29.4. The molecular formula is C25H51N9S. The second-order valence-electron chi connectivity index (χ2n) is 10.2. The molecule has 0 aromatic rings. The van der Waals surface area contributed by atoms with Crippen molar-refractivity contribution in [2.24, 2.45) is 5.73 Å². The van der Waals surface area contributed by atoms with Gasteiger partial charge in [0.15, 0.2) is 5.11 Å². The number of unbranched alkanes of at least 4 members (excludes halogenated alkanes) is 6. The lowest BCUT2D eigenvalue weighted by Gasteiger charge is -2.38. The van der Waals surface area contributed by atoms with E-state index < -0.39 is 0 Å². The second kappa shape index (κ2) is 18.3. The zero-order valence-corrected chi connectivity index (χ0v) is 22.5. The summed E-state index contributed by atoms with van der Waals surface area (Å²) >= 11 is 5.73. The standard InChI is InChI=1S/C25H51N9S/c1-2-3-4-5-6-7-8-9-10-33-23(35)34-25-20-30-14-11-27-17-24(26,18-28-12-15-31-21-25)19-29-13-16-32-22-25/h1,27-32H,3-22,26H2,(H2,33,34,35). The van der Waals surface area contributed by atoms with Crippen LogP contribution in [0.15, 0.2) is 0 Å². The van der Waals surface area contributed by atoms with E-state index in [1.54, 1.807) is 0 Å². The van der Waals surface area contributed by atoms with Crippen molar-refractivity contribution in [2.45, 2.75) is 56.0 Å². The molecule has 0 aromatic heterocycles. The van der Waals surface area contributed by atoms with Gasteiger partial charge in [0.1, 0.15) is 0 Å². The number of thiocarbonyl (C=S) groups is 1. The maximum absolute atomic E-state index is 6.68. The maximum atomic E-state index is 6.68. The summed E-state index contributed by atoms with van der Waals surface area (Å²) < 4.78 is 0. The van der Waals surface area contributed by atoms with Gasteiger partial charge >= 0.3 is 0 Å². The van der Waals surface area contributed by atoms with Crippen LogP contribution in [0.5, 0.6) is 0 Å². The van der Waals surface area contributed by atoms with Crippen molar-refractivity contribution >= 4 is 17.3 Å². The van der Waals surface area contributed by atoms with Crippen LogP contribution in [0.3, 0.4) is 0 Å². The van der Waals surface area contributed by atoms with Crippen LogP contribution in [0.4, 0.5) is 0 Å². The fraction of sp³-hybridized carbons (Fsp3) is 0.880. The molecule has 10 heteroatoms. The average Bonchev–Trinajstić information content (AvgIpc) is 2.84. The number of terminal acetylenes is 1. The third-order valence-electron chi connectivity index (χ3n) is 6.67. The molecule has 3 saturated heterocycles. The summed E-state index contributed by atoms with van der Waals surface area (Å²) in [6.45, 7) is 10.9. The van der Waals surface area contributed by atoms with Crippen LogP contribution in [0, 0.1) is 12.3 Å². The van der Waals surface area contributed by atoms with Gasteiger partial charge in [-0.1, -0.05) is 25.7 Å². The van der Waals surface area contributed by atoms with E-state index in [1.165, 1.54) is 25.7 Å². The van der Waals surface area contributed by atoms with Gasteiger partial charge in [-0.25, -0.2) is 0 Å². The highest BCUT2D eigenvalue weighted by Crippen LogP contribution is 2.07. The first-order chi connectivity index (χ1) is 17.1. The summed E-state index contributed by atoms with van der Waals surface area (Å²) in [5.74, 6) is 2.72. The minimum absolute atomic E-state index is 0.229. The second-order valence-corrected chi connectivity index (χ2v) is 10.6. The first-order valence-electron chi connectivity index (χ1n) is 13.6. The van der Waals surface area contributed by atoms with E-state index >= 15 is 0 Å². The molecule has 0 saturated carbocycles. The lowest BCUT2D eigenvalue weighted by molar-refractivity contribution is 0.298. The Labute approximate surface area is 219 Å². The van der Waals surface area contributed by atoms with Crippen LogP contribution >= 0.6 is 12.2 Å². The molecule has 0 unspecified atom stereocenters. The Bertz CT molecular complexity index is 567. The van der Waals surface area contributed by atoms with E-state index in [4.69, 9.17) is 24.4 Å². The van der Waals surface area contributed by atoms with Crippen molar-refractivity contribution in [3.8, 4) is 12.3 Å². The molecule has 3 aliphatic heterocycles. The highest BCUT2D eigenvalue weighted by atomic mass is 32.1. The van der Waals surface area contributed by atoms with Gasteiger partial charge in [0, 0.05) is 91.5 Å². The minimum Gasteiger partial charge on any atom is -0.363 e. The Morgan fingerprint density at radius 2 is 1.14 bits per heavy atom. The van der Waals surface area contributed by atoms with E-state index in [0.717, 1.165) is 109 Å². The van der Waals surface area contributed by atoms with E-state index in [2.05, 4.69) is 48.5 Å².